The van der Waals surface area contributed by atoms with Crippen LogP contribution in [0.5, 0.6) is 0 Å². The zero-order valence-electron chi connectivity index (χ0n) is 19.4. The van der Waals surface area contributed by atoms with Crippen molar-refractivity contribution in [1.82, 2.24) is 0 Å². The third kappa shape index (κ3) is 18.3. The van der Waals surface area contributed by atoms with Gasteiger partial charge in [-0.3, -0.25) is 0 Å². The predicted molar refractivity (Wildman–Crippen MR) is 124 cm³/mol. The van der Waals surface area contributed by atoms with Crippen LogP contribution in [-0.2, 0) is 0 Å². The number of unbranched alkanes of at least 4 members (excludes halogenated alkanes) is 3. The number of hydrogen-bond acceptors (Lipinski definition) is 0. The molecule has 0 atom stereocenters. The van der Waals surface area contributed by atoms with E-state index in [2.05, 4.69) is 33.9 Å². The molecule has 0 bridgehead atoms. The number of allylic oxidation sites excluding steroid dienone is 2. The van der Waals surface area contributed by atoms with Crippen LogP contribution >= 0.6 is 0 Å². The van der Waals surface area contributed by atoms with Crippen LogP contribution in [0, 0.1) is 17.3 Å². The minimum absolute atomic E-state index is 0.522. The van der Waals surface area contributed by atoms with E-state index in [-0.39, 0.29) is 0 Å². The molecule has 2 fully saturated rings. The van der Waals surface area contributed by atoms with Gasteiger partial charge in [0.05, 0.1) is 0 Å². The lowest BCUT2D eigenvalue weighted by molar-refractivity contribution is 0.171. The van der Waals surface area contributed by atoms with E-state index in [4.69, 9.17) is 0 Å². The molecule has 0 unspecified atom stereocenters. The first-order chi connectivity index (χ1) is 12.4. The summed E-state index contributed by atoms with van der Waals surface area (Å²) in [7, 11) is 0. The lowest BCUT2D eigenvalue weighted by Crippen LogP contribution is -2.22. The maximum absolute atomic E-state index is 3.71. The van der Waals surface area contributed by atoms with E-state index in [1.807, 2.05) is 26.8 Å². The lowest BCUT2D eigenvalue weighted by atomic mass is 9.71. The zero-order chi connectivity index (χ0) is 20.3. The second-order valence-electron chi connectivity index (χ2n) is 8.95. The predicted octanol–water partition coefficient (Wildman–Crippen LogP) is 9.75. The van der Waals surface area contributed by atoms with Crippen LogP contribution in [0.3, 0.4) is 0 Å². The number of hydrogen-bond donors (Lipinski definition) is 0. The Labute approximate surface area is 167 Å². The van der Waals surface area contributed by atoms with Gasteiger partial charge in [0.1, 0.15) is 0 Å². The molecule has 26 heavy (non-hydrogen) atoms. The van der Waals surface area contributed by atoms with E-state index in [1.54, 1.807) is 31.8 Å². The smallest absolute Gasteiger partial charge is 0.0353 e. The minimum Gasteiger partial charge on any atom is -0.103 e. The number of rotatable bonds is 5. The highest BCUT2D eigenvalue weighted by Crippen LogP contribution is 2.40. The van der Waals surface area contributed by atoms with Crippen LogP contribution in [0.4, 0.5) is 0 Å². The fourth-order valence-electron chi connectivity index (χ4n) is 3.98. The number of fused-ring (bicyclic) bond motifs is 1. The van der Waals surface area contributed by atoms with Crippen molar-refractivity contribution in [2.75, 3.05) is 0 Å². The van der Waals surface area contributed by atoms with Crippen LogP contribution in [0.15, 0.2) is 25.3 Å². The van der Waals surface area contributed by atoms with Crippen molar-refractivity contribution in [3.63, 3.8) is 0 Å². The zero-order valence-corrected chi connectivity index (χ0v) is 19.4. The van der Waals surface area contributed by atoms with Crippen molar-refractivity contribution in [3.05, 3.63) is 25.3 Å². The highest BCUT2D eigenvalue weighted by molar-refractivity contribution is 4.78. The summed E-state index contributed by atoms with van der Waals surface area (Å²) < 4.78 is 0. The third-order valence-corrected chi connectivity index (χ3v) is 5.30. The molecule has 0 N–H and O–H groups in total. The molecule has 0 spiro atoms. The van der Waals surface area contributed by atoms with Crippen molar-refractivity contribution < 1.29 is 0 Å². The Morgan fingerprint density at radius 3 is 1.46 bits per heavy atom. The van der Waals surface area contributed by atoms with Crippen molar-refractivity contribution in [1.29, 1.82) is 0 Å². The highest BCUT2D eigenvalue weighted by atomic mass is 14.3. The molecule has 0 nitrogen and oxygen atoms in total. The van der Waals surface area contributed by atoms with Gasteiger partial charge in [0, 0.05) is 0 Å². The van der Waals surface area contributed by atoms with E-state index in [0.717, 1.165) is 11.8 Å². The largest absolute Gasteiger partial charge is 0.103 e. The van der Waals surface area contributed by atoms with E-state index < -0.39 is 0 Å². The first-order valence-electron chi connectivity index (χ1n) is 11.6. The van der Waals surface area contributed by atoms with Gasteiger partial charge in [0.25, 0.3) is 0 Å². The van der Waals surface area contributed by atoms with Crippen LogP contribution < -0.4 is 0 Å². The van der Waals surface area contributed by atoms with Gasteiger partial charge < -0.3 is 0 Å². The molecule has 2 rings (SSSR count). The molecule has 0 saturated heterocycles. The first kappa shape index (κ1) is 27.7. The topological polar surface area (TPSA) is 0 Å². The third-order valence-electron chi connectivity index (χ3n) is 5.30. The van der Waals surface area contributed by atoms with E-state index in [9.17, 15) is 0 Å². The summed E-state index contributed by atoms with van der Waals surface area (Å²) in [6.07, 6.45) is 22.7. The monoisotopic (exact) mass is 364 g/mol. The first-order valence-corrected chi connectivity index (χ1v) is 11.6. The van der Waals surface area contributed by atoms with Crippen molar-refractivity contribution in [2.45, 2.75) is 125 Å². The fourth-order valence-corrected chi connectivity index (χ4v) is 3.98. The van der Waals surface area contributed by atoms with Gasteiger partial charge in [0.15, 0.2) is 0 Å². The Morgan fingerprint density at radius 1 is 0.769 bits per heavy atom. The molecule has 0 aromatic rings. The SMILES string of the molecule is C1CCC2CCCCC2C1.C=CC.C=CCCCCCC(C)(C)C.CC. The maximum Gasteiger partial charge on any atom is -0.0353 e. The second-order valence-corrected chi connectivity index (χ2v) is 8.95. The van der Waals surface area contributed by atoms with Gasteiger partial charge in [-0.25, -0.2) is 0 Å². The van der Waals surface area contributed by atoms with Crippen LogP contribution in [0.2, 0.25) is 0 Å². The van der Waals surface area contributed by atoms with Crippen LogP contribution in [-0.4, -0.2) is 0 Å². The molecule has 0 aliphatic heterocycles. The lowest BCUT2D eigenvalue weighted by Gasteiger charge is -2.35. The van der Waals surface area contributed by atoms with E-state index in [0.29, 0.717) is 5.41 Å². The molecule has 0 aromatic heterocycles. The Kier molecular flexibility index (Phi) is 20.5. The van der Waals surface area contributed by atoms with Crippen LogP contribution in [0.25, 0.3) is 0 Å². The van der Waals surface area contributed by atoms with Gasteiger partial charge >= 0.3 is 0 Å². The normalized spacial score (nSPS) is 21.3. The average molecular weight is 365 g/mol. The molecule has 0 aromatic carbocycles. The van der Waals surface area contributed by atoms with Gasteiger partial charge in [-0.2, -0.15) is 0 Å². The van der Waals surface area contributed by atoms with Crippen molar-refractivity contribution in [3.8, 4) is 0 Å². The van der Waals surface area contributed by atoms with Gasteiger partial charge in [-0.05, 0) is 43.4 Å². The van der Waals surface area contributed by atoms with Crippen molar-refractivity contribution in [2.24, 2.45) is 17.3 Å². The Morgan fingerprint density at radius 2 is 1.15 bits per heavy atom. The standard InChI is InChI=1S/C11H22.C10H18.C3H6.C2H6/c1-5-6-7-8-9-10-11(2,3)4;1-2-6-10-8-4-3-7-9(10)5-1;1-3-2;1-2/h5H,1,6-10H2,2-4H3;9-10H,1-8H2;3H,1H2,2H3;1-2H3. The van der Waals surface area contributed by atoms with Crippen molar-refractivity contribution >= 4 is 0 Å². The van der Waals surface area contributed by atoms with Gasteiger partial charge in [-0.1, -0.05) is 111 Å². The Bertz CT molecular complexity index is 268. The molecule has 0 radical (unpaired) electrons. The van der Waals surface area contributed by atoms with E-state index in [1.165, 1.54) is 57.8 Å². The highest BCUT2D eigenvalue weighted by Gasteiger charge is 2.26. The molecule has 0 amide bonds. The average Bonchev–Trinajstić information content (AvgIpc) is 2.64. The molecule has 0 heteroatoms. The fraction of sp³-hybridized carbons (Fsp3) is 0.846. The Balaban J connectivity index is 0. The maximum atomic E-state index is 3.71. The van der Waals surface area contributed by atoms with E-state index >= 15 is 0 Å². The van der Waals surface area contributed by atoms with Crippen LogP contribution in [0.1, 0.15) is 125 Å². The van der Waals surface area contributed by atoms with Gasteiger partial charge in [0.2, 0.25) is 0 Å². The molecule has 0 heterocycles. The summed E-state index contributed by atoms with van der Waals surface area (Å²) in [5, 5.41) is 0. The summed E-state index contributed by atoms with van der Waals surface area (Å²) in [4.78, 5) is 0. The molecule has 2 aliphatic carbocycles. The molecule has 2 saturated carbocycles. The summed E-state index contributed by atoms with van der Waals surface area (Å²) in [5.74, 6) is 2.31. The summed E-state index contributed by atoms with van der Waals surface area (Å²) in [6.45, 7) is 19.9. The summed E-state index contributed by atoms with van der Waals surface area (Å²) in [6, 6.07) is 0. The quantitative estimate of drug-likeness (QED) is 0.336. The molecule has 2 aliphatic rings. The summed E-state index contributed by atoms with van der Waals surface area (Å²) in [5.41, 5.74) is 0.522. The minimum atomic E-state index is 0.522. The molecular weight excluding hydrogens is 312 g/mol. The summed E-state index contributed by atoms with van der Waals surface area (Å²) >= 11 is 0. The molecule has 156 valence electrons. The van der Waals surface area contributed by atoms with Gasteiger partial charge in [-0.15, -0.1) is 13.2 Å². The Hall–Kier alpha value is -0.520. The molecular formula is C26H52. The second kappa shape index (κ2) is 19.2.